The molecule has 1 aliphatic heterocycles. The maximum Gasteiger partial charge on any atom is 0.274 e. The van der Waals surface area contributed by atoms with Crippen LogP contribution in [0.2, 0.25) is 10.0 Å². The van der Waals surface area contributed by atoms with Gasteiger partial charge in [-0.3, -0.25) is 14.8 Å². The summed E-state index contributed by atoms with van der Waals surface area (Å²) >= 11 is 12.0. The minimum absolute atomic E-state index is 0.0973. The van der Waals surface area contributed by atoms with Crippen molar-refractivity contribution in [1.29, 1.82) is 0 Å². The van der Waals surface area contributed by atoms with Crippen LogP contribution in [-0.4, -0.2) is 28.5 Å². The fourth-order valence-electron chi connectivity index (χ4n) is 4.28. The topological polar surface area (TPSA) is 69.6 Å². The Balaban J connectivity index is 1.56. The van der Waals surface area contributed by atoms with Gasteiger partial charge in [-0.15, -0.1) is 0 Å². The quantitative estimate of drug-likeness (QED) is 0.605. The van der Waals surface area contributed by atoms with Crippen molar-refractivity contribution in [3.8, 4) is 0 Å². The summed E-state index contributed by atoms with van der Waals surface area (Å²) in [6, 6.07) is 10.8. The number of halogens is 2. The normalized spacial score (nSPS) is 21.0. The molecule has 2 aromatic carbocycles. The number of amides is 2. The van der Waals surface area contributed by atoms with Crippen LogP contribution < -0.4 is 5.48 Å². The van der Waals surface area contributed by atoms with E-state index in [0.29, 0.717) is 41.5 Å². The van der Waals surface area contributed by atoms with Crippen LogP contribution in [0.5, 0.6) is 0 Å². The summed E-state index contributed by atoms with van der Waals surface area (Å²) in [5, 5.41) is 9.95. The van der Waals surface area contributed by atoms with Crippen LogP contribution >= 0.6 is 23.2 Å². The van der Waals surface area contributed by atoms with Gasteiger partial charge in [0, 0.05) is 18.7 Å². The second-order valence-electron chi connectivity index (χ2n) is 7.24. The molecular weight excluding hydrogens is 387 g/mol. The van der Waals surface area contributed by atoms with Gasteiger partial charge in [0.2, 0.25) is 5.91 Å². The van der Waals surface area contributed by atoms with E-state index in [0.717, 1.165) is 23.1 Å². The van der Waals surface area contributed by atoms with E-state index < -0.39 is 11.3 Å². The lowest BCUT2D eigenvalue weighted by Crippen LogP contribution is -2.35. The molecule has 2 amide bonds. The number of fused-ring (bicyclic) bond motifs is 1. The van der Waals surface area contributed by atoms with Gasteiger partial charge in [0.15, 0.2) is 0 Å². The summed E-state index contributed by atoms with van der Waals surface area (Å²) in [7, 11) is 0. The van der Waals surface area contributed by atoms with Crippen molar-refractivity contribution >= 4 is 35.0 Å². The minimum atomic E-state index is -0.540. The zero-order valence-electron chi connectivity index (χ0n) is 14.5. The average Bonchev–Trinajstić information content (AvgIpc) is 3.19. The first-order valence-corrected chi connectivity index (χ1v) is 9.48. The van der Waals surface area contributed by atoms with Gasteiger partial charge in [-0.25, -0.2) is 5.48 Å². The molecule has 1 spiro atoms. The Morgan fingerprint density at radius 2 is 2.00 bits per heavy atom. The van der Waals surface area contributed by atoms with Gasteiger partial charge in [0.1, 0.15) is 0 Å². The third-order valence-electron chi connectivity index (χ3n) is 5.62. The predicted octanol–water partition coefficient (Wildman–Crippen LogP) is 3.63. The number of carbonyl (C=O) groups is 2. The predicted molar refractivity (Wildman–Crippen MR) is 102 cm³/mol. The number of benzene rings is 2. The van der Waals surface area contributed by atoms with E-state index in [1.54, 1.807) is 29.7 Å². The van der Waals surface area contributed by atoms with Crippen LogP contribution in [0.3, 0.4) is 0 Å². The molecule has 1 atom stereocenters. The van der Waals surface area contributed by atoms with Gasteiger partial charge in [0.25, 0.3) is 5.91 Å². The maximum atomic E-state index is 13.2. The molecule has 0 aromatic heterocycles. The van der Waals surface area contributed by atoms with Gasteiger partial charge in [-0.05, 0) is 54.2 Å². The van der Waals surface area contributed by atoms with Gasteiger partial charge in [0.05, 0.1) is 15.5 Å². The highest BCUT2D eigenvalue weighted by molar-refractivity contribution is 6.42. The molecule has 5 nitrogen and oxygen atoms in total. The first-order valence-electron chi connectivity index (χ1n) is 8.72. The molecule has 7 heteroatoms. The van der Waals surface area contributed by atoms with E-state index in [-0.39, 0.29) is 5.91 Å². The number of likely N-dealkylation sites (tertiary alicyclic amines) is 1. The molecule has 1 saturated heterocycles. The van der Waals surface area contributed by atoms with Gasteiger partial charge in [-0.2, -0.15) is 0 Å². The van der Waals surface area contributed by atoms with Crippen molar-refractivity contribution in [3.63, 3.8) is 0 Å². The lowest BCUT2D eigenvalue weighted by atomic mass is 9.83. The van der Waals surface area contributed by atoms with E-state index in [1.807, 2.05) is 17.0 Å². The second-order valence-corrected chi connectivity index (χ2v) is 8.06. The Morgan fingerprint density at radius 3 is 2.74 bits per heavy atom. The lowest BCUT2D eigenvalue weighted by Gasteiger charge is -2.23. The maximum absolute atomic E-state index is 13.2. The van der Waals surface area contributed by atoms with Crippen molar-refractivity contribution in [2.24, 2.45) is 5.41 Å². The number of carbonyl (C=O) groups excluding carboxylic acids is 2. The van der Waals surface area contributed by atoms with E-state index in [1.165, 1.54) is 0 Å². The smallest absolute Gasteiger partial charge is 0.274 e. The van der Waals surface area contributed by atoms with Crippen molar-refractivity contribution in [3.05, 3.63) is 68.7 Å². The van der Waals surface area contributed by atoms with Crippen LogP contribution in [-0.2, 0) is 24.2 Å². The van der Waals surface area contributed by atoms with Crippen LogP contribution in [0.4, 0.5) is 0 Å². The number of hydrogen-bond donors (Lipinski definition) is 2. The Kier molecular flexibility index (Phi) is 4.62. The van der Waals surface area contributed by atoms with Crippen molar-refractivity contribution in [1.82, 2.24) is 10.4 Å². The summed E-state index contributed by atoms with van der Waals surface area (Å²) in [5.41, 5.74) is 4.41. The van der Waals surface area contributed by atoms with Crippen LogP contribution in [0.25, 0.3) is 0 Å². The molecule has 140 valence electrons. The minimum Gasteiger partial charge on any atom is -0.338 e. The molecule has 2 aliphatic rings. The monoisotopic (exact) mass is 404 g/mol. The number of rotatable bonds is 3. The van der Waals surface area contributed by atoms with Crippen LogP contribution in [0, 0.1) is 5.41 Å². The summed E-state index contributed by atoms with van der Waals surface area (Å²) in [5.74, 6) is -0.442. The molecule has 2 aromatic rings. The summed E-state index contributed by atoms with van der Waals surface area (Å²) < 4.78 is 0. The van der Waals surface area contributed by atoms with Gasteiger partial charge in [-0.1, -0.05) is 41.4 Å². The molecule has 2 N–H and O–H groups in total. The van der Waals surface area contributed by atoms with Crippen molar-refractivity contribution < 1.29 is 14.8 Å². The van der Waals surface area contributed by atoms with Crippen LogP contribution in [0.15, 0.2) is 36.4 Å². The van der Waals surface area contributed by atoms with Crippen molar-refractivity contribution in [2.45, 2.75) is 25.8 Å². The highest BCUT2D eigenvalue weighted by Gasteiger charge is 2.50. The Morgan fingerprint density at radius 1 is 1.19 bits per heavy atom. The largest absolute Gasteiger partial charge is 0.338 e. The zero-order chi connectivity index (χ0) is 19.2. The van der Waals surface area contributed by atoms with E-state index in [2.05, 4.69) is 0 Å². The first-order chi connectivity index (χ1) is 12.9. The summed E-state index contributed by atoms with van der Waals surface area (Å²) in [6.45, 7) is 1.15. The Bertz CT molecular complexity index is 947. The molecule has 1 heterocycles. The van der Waals surface area contributed by atoms with Crippen molar-refractivity contribution in [2.75, 3.05) is 6.54 Å². The highest BCUT2D eigenvalue weighted by Crippen LogP contribution is 2.46. The molecule has 0 radical (unpaired) electrons. The fourth-order valence-corrected chi connectivity index (χ4v) is 4.60. The lowest BCUT2D eigenvalue weighted by molar-refractivity contribution is -0.136. The Labute approximate surface area is 166 Å². The second kappa shape index (κ2) is 6.82. The molecule has 0 bridgehead atoms. The first kappa shape index (κ1) is 18.3. The molecule has 0 saturated carbocycles. The molecule has 1 unspecified atom stereocenters. The third-order valence-corrected chi connectivity index (χ3v) is 6.36. The van der Waals surface area contributed by atoms with E-state index in [4.69, 9.17) is 28.4 Å². The summed E-state index contributed by atoms with van der Waals surface area (Å²) in [6.07, 6.45) is 1.87. The number of nitrogens with one attached hydrogen (secondary N) is 1. The number of hydroxylamine groups is 1. The molecule has 4 rings (SSSR count). The van der Waals surface area contributed by atoms with Crippen LogP contribution in [0.1, 0.15) is 33.5 Å². The number of hydrogen-bond acceptors (Lipinski definition) is 3. The molecule has 27 heavy (non-hydrogen) atoms. The molecule has 1 aliphatic carbocycles. The zero-order valence-corrected chi connectivity index (χ0v) is 16.0. The SMILES string of the molecule is O=C(NO)c1cccc2c1CC1(CCN(Cc3ccc(Cl)c(Cl)c3)C1=O)C2. The summed E-state index contributed by atoms with van der Waals surface area (Å²) in [4.78, 5) is 27.0. The van der Waals surface area contributed by atoms with Gasteiger partial charge < -0.3 is 4.90 Å². The Hall–Kier alpha value is -2.08. The highest BCUT2D eigenvalue weighted by atomic mass is 35.5. The van der Waals surface area contributed by atoms with Gasteiger partial charge >= 0.3 is 0 Å². The van der Waals surface area contributed by atoms with E-state index in [9.17, 15) is 9.59 Å². The fraction of sp³-hybridized carbons (Fsp3) is 0.300. The molecule has 1 fully saturated rings. The standard InChI is InChI=1S/C20H18Cl2N2O3/c21-16-5-4-12(8-17(16)22)11-24-7-6-20(19(24)26)9-13-2-1-3-14(15(13)10-20)18(25)23-27/h1-5,8,27H,6-7,9-11H2,(H,23,25). The third kappa shape index (κ3) is 3.10. The average molecular weight is 405 g/mol. The number of nitrogens with zero attached hydrogens (tertiary/aromatic N) is 1. The van der Waals surface area contributed by atoms with E-state index >= 15 is 0 Å². The molecular formula is C20H18Cl2N2O3.